The Morgan fingerprint density at radius 1 is 1.22 bits per heavy atom. The van der Waals surface area contributed by atoms with Crippen LogP contribution in [0.3, 0.4) is 0 Å². The van der Waals surface area contributed by atoms with E-state index in [2.05, 4.69) is 10.1 Å². The second kappa shape index (κ2) is 6.16. The predicted octanol–water partition coefficient (Wildman–Crippen LogP) is 2.39. The van der Waals surface area contributed by atoms with Gasteiger partial charge in [-0.2, -0.15) is 0 Å². The summed E-state index contributed by atoms with van der Waals surface area (Å²) >= 11 is 1.22. The molecule has 4 rings (SSSR count). The van der Waals surface area contributed by atoms with E-state index in [1.165, 1.54) is 18.4 Å². The number of hydrogen-bond acceptors (Lipinski definition) is 5. The fourth-order valence-corrected chi connectivity index (χ4v) is 4.34. The number of carbonyl (C=O) groups excluding carboxylic acids is 2. The van der Waals surface area contributed by atoms with E-state index >= 15 is 0 Å². The fourth-order valence-electron chi connectivity index (χ4n) is 3.56. The monoisotopic (exact) mass is 335 g/mol. The van der Waals surface area contributed by atoms with Crippen LogP contribution in [0.4, 0.5) is 5.00 Å². The summed E-state index contributed by atoms with van der Waals surface area (Å²) in [4.78, 5) is 36.0. The van der Waals surface area contributed by atoms with Crippen molar-refractivity contribution in [3.05, 3.63) is 29.2 Å². The number of aliphatic carboxylic acids is 1. The number of methoxy groups -OCH3 is 1. The maximum atomic E-state index is 12.7. The molecule has 122 valence electrons. The quantitative estimate of drug-likeness (QED) is 0.651. The summed E-state index contributed by atoms with van der Waals surface area (Å²) in [7, 11) is 1.27. The Balaban J connectivity index is 1.83. The highest BCUT2D eigenvalue weighted by Crippen LogP contribution is 2.45. The number of anilines is 1. The third-order valence-corrected chi connectivity index (χ3v) is 5.47. The molecule has 0 aromatic carbocycles. The van der Waals surface area contributed by atoms with Gasteiger partial charge in [-0.25, -0.2) is 4.79 Å². The van der Waals surface area contributed by atoms with Crippen LogP contribution in [0.5, 0.6) is 0 Å². The Kier molecular flexibility index (Phi) is 4.21. The first kappa shape index (κ1) is 15.7. The zero-order chi connectivity index (χ0) is 16.6. The van der Waals surface area contributed by atoms with Gasteiger partial charge in [-0.3, -0.25) is 9.59 Å². The number of ether oxygens (including phenoxy) is 1. The molecule has 1 fully saturated rings. The van der Waals surface area contributed by atoms with Crippen LogP contribution in [0.25, 0.3) is 0 Å². The van der Waals surface area contributed by atoms with Crippen LogP contribution in [-0.4, -0.2) is 30.1 Å². The molecule has 1 aromatic heterocycles. The molecule has 23 heavy (non-hydrogen) atoms. The van der Waals surface area contributed by atoms with Gasteiger partial charge in [0.05, 0.1) is 24.5 Å². The smallest absolute Gasteiger partial charge is 0.340 e. The summed E-state index contributed by atoms with van der Waals surface area (Å²) in [6.45, 7) is 0. The van der Waals surface area contributed by atoms with Gasteiger partial charge in [-0.1, -0.05) is 12.2 Å². The van der Waals surface area contributed by atoms with E-state index < -0.39 is 23.8 Å². The highest BCUT2D eigenvalue weighted by atomic mass is 32.1. The van der Waals surface area contributed by atoms with E-state index in [1.54, 1.807) is 11.4 Å². The zero-order valence-electron chi connectivity index (χ0n) is 12.5. The first-order chi connectivity index (χ1) is 11.0. The van der Waals surface area contributed by atoms with Gasteiger partial charge in [-0.05, 0) is 36.1 Å². The first-order valence-electron chi connectivity index (χ1n) is 7.40. The lowest BCUT2D eigenvalue weighted by Crippen LogP contribution is -2.47. The van der Waals surface area contributed by atoms with E-state index in [4.69, 9.17) is 0 Å². The van der Waals surface area contributed by atoms with Crippen LogP contribution in [0, 0.1) is 23.7 Å². The lowest BCUT2D eigenvalue weighted by Gasteiger charge is -2.41. The second-order valence-corrected chi connectivity index (χ2v) is 6.74. The molecule has 0 radical (unpaired) electrons. The molecular formula is C16H17NO5S. The number of carbonyl (C=O) groups is 3. The molecule has 0 unspecified atom stereocenters. The molecule has 1 aromatic rings. The highest BCUT2D eigenvalue weighted by molar-refractivity contribution is 7.14. The lowest BCUT2D eigenvalue weighted by molar-refractivity contribution is -0.151. The molecule has 6 nitrogen and oxygen atoms in total. The minimum atomic E-state index is -0.941. The van der Waals surface area contributed by atoms with Crippen LogP contribution in [0.1, 0.15) is 23.2 Å². The van der Waals surface area contributed by atoms with Gasteiger partial charge in [0.25, 0.3) is 0 Å². The number of thiophene rings is 1. The van der Waals surface area contributed by atoms with E-state index in [1.807, 2.05) is 12.2 Å². The number of carboxylic acids is 1. The Labute approximate surface area is 137 Å². The van der Waals surface area contributed by atoms with Crippen LogP contribution in [0.2, 0.25) is 0 Å². The minimum Gasteiger partial charge on any atom is -0.481 e. The highest BCUT2D eigenvalue weighted by Gasteiger charge is 2.48. The molecule has 3 aliphatic rings. The maximum Gasteiger partial charge on any atom is 0.340 e. The summed E-state index contributed by atoms with van der Waals surface area (Å²) < 4.78 is 4.68. The maximum absolute atomic E-state index is 12.7. The summed E-state index contributed by atoms with van der Waals surface area (Å²) in [5, 5.41) is 14.3. The van der Waals surface area contributed by atoms with E-state index in [-0.39, 0.29) is 23.3 Å². The largest absolute Gasteiger partial charge is 0.481 e. The topological polar surface area (TPSA) is 92.7 Å². The Bertz CT molecular complexity index is 680. The van der Waals surface area contributed by atoms with Crippen molar-refractivity contribution in [2.24, 2.45) is 23.7 Å². The number of hydrogen-bond donors (Lipinski definition) is 2. The van der Waals surface area contributed by atoms with E-state index in [9.17, 15) is 19.5 Å². The number of allylic oxidation sites excluding steroid dienone is 2. The second-order valence-electron chi connectivity index (χ2n) is 5.82. The Morgan fingerprint density at radius 3 is 2.43 bits per heavy atom. The van der Waals surface area contributed by atoms with E-state index in [0.29, 0.717) is 5.00 Å². The molecule has 0 saturated heterocycles. The summed E-state index contributed by atoms with van der Waals surface area (Å²) in [6, 6.07) is 1.58. The fraction of sp³-hybridized carbons (Fsp3) is 0.438. The molecule has 7 heteroatoms. The Morgan fingerprint density at radius 2 is 1.87 bits per heavy atom. The van der Waals surface area contributed by atoms with Crippen molar-refractivity contribution in [3.63, 3.8) is 0 Å². The average molecular weight is 335 g/mol. The van der Waals surface area contributed by atoms with Gasteiger partial charge in [0.2, 0.25) is 5.91 Å². The van der Waals surface area contributed by atoms with Crippen molar-refractivity contribution in [2.75, 3.05) is 12.4 Å². The van der Waals surface area contributed by atoms with Crippen molar-refractivity contribution >= 4 is 34.2 Å². The van der Waals surface area contributed by atoms with Crippen molar-refractivity contribution < 1.29 is 24.2 Å². The Hall–Kier alpha value is -2.15. The van der Waals surface area contributed by atoms with Gasteiger partial charge < -0.3 is 15.2 Å². The summed E-state index contributed by atoms with van der Waals surface area (Å²) in [5.74, 6) is -3.29. The van der Waals surface area contributed by atoms with Gasteiger partial charge in [0, 0.05) is 0 Å². The summed E-state index contributed by atoms with van der Waals surface area (Å²) in [5.41, 5.74) is 0.286. The number of nitrogens with one attached hydrogen (secondary N) is 1. The number of esters is 1. The van der Waals surface area contributed by atoms with Crippen molar-refractivity contribution in [1.29, 1.82) is 0 Å². The van der Waals surface area contributed by atoms with Gasteiger partial charge in [-0.15, -0.1) is 11.3 Å². The standard InChI is InChI=1S/C16H17NO5S/c1-22-16(21)10-6-7-23-14(10)17-13(18)11-8-2-4-9(5-3-8)12(11)15(19)20/h2,4,6-9,11-12H,3,5H2,1H3,(H,17,18)(H,19,20)/t8-,9-,11+,12+/m0/s1. The number of carboxylic acid groups (broad SMARTS) is 1. The van der Waals surface area contributed by atoms with Gasteiger partial charge in [0.1, 0.15) is 5.00 Å². The SMILES string of the molecule is COC(=O)c1ccsc1NC(=O)[C@H]1[C@H](C(=O)O)[C@H]2C=C[C@H]1CC2. The van der Waals surface area contributed by atoms with Crippen molar-refractivity contribution in [2.45, 2.75) is 12.8 Å². The summed E-state index contributed by atoms with van der Waals surface area (Å²) in [6.07, 6.45) is 5.49. The molecule has 1 heterocycles. The number of fused-ring (bicyclic) bond motifs is 2. The van der Waals surface area contributed by atoms with Gasteiger partial charge >= 0.3 is 11.9 Å². The molecule has 0 spiro atoms. The van der Waals surface area contributed by atoms with E-state index in [0.717, 1.165) is 12.8 Å². The van der Waals surface area contributed by atoms with Crippen LogP contribution < -0.4 is 5.32 Å². The third kappa shape index (κ3) is 2.76. The zero-order valence-corrected chi connectivity index (χ0v) is 13.3. The van der Waals surface area contributed by atoms with Crippen LogP contribution in [0.15, 0.2) is 23.6 Å². The lowest BCUT2D eigenvalue weighted by atomic mass is 9.62. The number of rotatable bonds is 4. The average Bonchev–Trinajstić information content (AvgIpc) is 3.02. The van der Waals surface area contributed by atoms with Crippen molar-refractivity contribution in [1.82, 2.24) is 0 Å². The molecule has 3 aliphatic carbocycles. The van der Waals surface area contributed by atoms with Gasteiger partial charge in [0.15, 0.2) is 0 Å². The predicted molar refractivity (Wildman–Crippen MR) is 84.3 cm³/mol. The van der Waals surface area contributed by atoms with Crippen molar-refractivity contribution in [3.8, 4) is 0 Å². The van der Waals surface area contributed by atoms with Crippen LogP contribution >= 0.6 is 11.3 Å². The molecule has 0 aliphatic heterocycles. The third-order valence-electron chi connectivity index (χ3n) is 4.64. The van der Waals surface area contributed by atoms with Crippen LogP contribution in [-0.2, 0) is 14.3 Å². The molecule has 4 atom stereocenters. The molecule has 2 bridgehead atoms. The number of amides is 1. The molecule has 1 saturated carbocycles. The minimum absolute atomic E-state index is 0.0670. The molecular weight excluding hydrogens is 318 g/mol. The molecule has 2 N–H and O–H groups in total. The first-order valence-corrected chi connectivity index (χ1v) is 8.28. The normalized spacial score (nSPS) is 28.4. The molecule has 1 amide bonds.